The molecule has 0 saturated carbocycles. The summed E-state index contributed by atoms with van der Waals surface area (Å²) in [6.45, 7) is 7.63. The maximum absolute atomic E-state index is 12.2. The van der Waals surface area contributed by atoms with Crippen molar-refractivity contribution in [3.63, 3.8) is 0 Å². The molecule has 1 rings (SSSR count). The van der Waals surface area contributed by atoms with Gasteiger partial charge in [-0.1, -0.05) is 0 Å². The van der Waals surface area contributed by atoms with Crippen LogP contribution in [0.2, 0.25) is 0 Å². The van der Waals surface area contributed by atoms with Crippen molar-refractivity contribution in [1.29, 1.82) is 0 Å². The van der Waals surface area contributed by atoms with Crippen molar-refractivity contribution in [2.75, 3.05) is 12.9 Å². The number of nitrogens with one attached hydrogen (secondary N) is 1. The second kappa shape index (κ2) is 6.96. The number of aliphatic hydroxyl groups excluding tert-OH is 1. The van der Waals surface area contributed by atoms with Crippen LogP contribution < -0.4 is 5.32 Å². The van der Waals surface area contributed by atoms with E-state index in [1.54, 1.807) is 16.4 Å². The zero-order valence-electron chi connectivity index (χ0n) is 12.2. The van der Waals surface area contributed by atoms with Crippen LogP contribution in [-0.4, -0.2) is 44.9 Å². The number of rotatable bonds is 6. The van der Waals surface area contributed by atoms with Crippen LogP contribution in [0.25, 0.3) is 0 Å². The van der Waals surface area contributed by atoms with Gasteiger partial charge < -0.3 is 10.4 Å². The first kappa shape index (κ1) is 16.0. The zero-order chi connectivity index (χ0) is 14.6. The Kier molecular flexibility index (Phi) is 5.87. The third-order valence-corrected chi connectivity index (χ3v) is 4.36. The van der Waals surface area contributed by atoms with E-state index in [2.05, 4.69) is 10.4 Å². The molecule has 0 saturated heterocycles. The molecule has 3 atom stereocenters. The minimum atomic E-state index is -0.350. The van der Waals surface area contributed by atoms with Gasteiger partial charge in [0.15, 0.2) is 0 Å². The Bertz CT molecular complexity index is 430. The van der Waals surface area contributed by atoms with Crippen LogP contribution in [0.5, 0.6) is 0 Å². The van der Waals surface area contributed by atoms with E-state index >= 15 is 0 Å². The molecular weight excluding hydrogens is 262 g/mol. The fraction of sp³-hybridized carbons (Fsp3) is 0.692. The fourth-order valence-corrected chi connectivity index (χ4v) is 2.65. The first-order valence-corrected chi connectivity index (χ1v) is 7.66. The highest BCUT2D eigenvalue weighted by atomic mass is 32.2. The van der Waals surface area contributed by atoms with E-state index in [1.807, 2.05) is 40.0 Å². The minimum Gasteiger partial charge on any atom is -0.395 e. The maximum Gasteiger partial charge on any atom is 0.244 e. The molecule has 6 heteroatoms. The number of carbonyl (C=O) groups is 1. The van der Waals surface area contributed by atoms with Gasteiger partial charge in [-0.05, 0) is 40.0 Å². The largest absolute Gasteiger partial charge is 0.395 e. The molecule has 0 aromatic carbocycles. The van der Waals surface area contributed by atoms with E-state index < -0.39 is 0 Å². The molecule has 0 aliphatic heterocycles. The Morgan fingerprint density at radius 2 is 2.16 bits per heavy atom. The van der Waals surface area contributed by atoms with E-state index in [-0.39, 0.29) is 29.8 Å². The molecule has 0 radical (unpaired) electrons. The van der Waals surface area contributed by atoms with Crippen molar-refractivity contribution in [3.05, 3.63) is 17.5 Å². The van der Waals surface area contributed by atoms with E-state index in [9.17, 15) is 9.90 Å². The van der Waals surface area contributed by atoms with Gasteiger partial charge in [0.2, 0.25) is 5.91 Å². The molecule has 1 aromatic rings. The third-order valence-electron chi connectivity index (χ3n) is 3.20. The third kappa shape index (κ3) is 3.98. The Labute approximate surface area is 118 Å². The van der Waals surface area contributed by atoms with Crippen molar-refractivity contribution >= 4 is 17.7 Å². The van der Waals surface area contributed by atoms with Crippen molar-refractivity contribution in [2.45, 2.75) is 45.0 Å². The van der Waals surface area contributed by atoms with E-state index in [0.717, 1.165) is 11.4 Å². The van der Waals surface area contributed by atoms with Crippen LogP contribution in [0, 0.1) is 13.8 Å². The van der Waals surface area contributed by atoms with Gasteiger partial charge in [0.25, 0.3) is 0 Å². The summed E-state index contributed by atoms with van der Waals surface area (Å²) in [7, 11) is 0. The predicted molar refractivity (Wildman–Crippen MR) is 78.4 cm³/mol. The van der Waals surface area contributed by atoms with Gasteiger partial charge in [-0.3, -0.25) is 9.48 Å². The predicted octanol–water partition coefficient (Wildman–Crippen LogP) is 1.29. The lowest BCUT2D eigenvalue weighted by Crippen LogP contribution is -2.44. The fourth-order valence-electron chi connectivity index (χ4n) is 2.02. The van der Waals surface area contributed by atoms with Crippen LogP contribution in [0.1, 0.15) is 31.3 Å². The SMILES string of the molecule is CSC(CO)C(C)NC(=O)C(C)n1nc(C)cc1C. The van der Waals surface area contributed by atoms with Crippen LogP contribution in [0.15, 0.2) is 6.07 Å². The van der Waals surface area contributed by atoms with Crippen LogP contribution in [0.4, 0.5) is 0 Å². The Morgan fingerprint density at radius 1 is 1.53 bits per heavy atom. The summed E-state index contributed by atoms with van der Waals surface area (Å²) in [5, 5.41) is 16.5. The highest BCUT2D eigenvalue weighted by Crippen LogP contribution is 2.14. The average Bonchev–Trinajstić information content (AvgIpc) is 2.68. The smallest absolute Gasteiger partial charge is 0.244 e. The molecule has 5 nitrogen and oxygen atoms in total. The molecule has 0 fully saturated rings. The number of hydrogen-bond donors (Lipinski definition) is 2. The van der Waals surface area contributed by atoms with Gasteiger partial charge >= 0.3 is 0 Å². The van der Waals surface area contributed by atoms with Crippen molar-refractivity contribution < 1.29 is 9.90 Å². The van der Waals surface area contributed by atoms with Crippen molar-refractivity contribution in [2.24, 2.45) is 0 Å². The summed E-state index contributed by atoms with van der Waals surface area (Å²) in [4.78, 5) is 12.2. The van der Waals surface area contributed by atoms with E-state index in [4.69, 9.17) is 0 Å². The number of hydrogen-bond acceptors (Lipinski definition) is 4. The highest BCUT2D eigenvalue weighted by molar-refractivity contribution is 7.99. The average molecular weight is 285 g/mol. The van der Waals surface area contributed by atoms with Gasteiger partial charge in [0.05, 0.1) is 12.3 Å². The second-order valence-electron chi connectivity index (χ2n) is 4.80. The highest BCUT2D eigenvalue weighted by Gasteiger charge is 2.22. The summed E-state index contributed by atoms with van der Waals surface area (Å²) in [6.07, 6.45) is 1.92. The normalized spacial score (nSPS) is 15.9. The van der Waals surface area contributed by atoms with Gasteiger partial charge in [0, 0.05) is 17.0 Å². The molecule has 1 heterocycles. The topological polar surface area (TPSA) is 67.2 Å². The van der Waals surface area contributed by atoms with Crippen molar-refractivity contribution in [3.8, 4) is 0 Å². The molecule has 108 valence electrons. The van der Waals surface area contributed by atoms with Crippen LogP contribution >= 0.6 is 11.8 Å². The van der Waals surface area contributed by atoms with Gasteiger partial charge in [-0.25, -0.2) is 0 Å². The summed E-state index contributed by atoms with van der Waals surface area (Å²) in [5.74, 6) is -0.0776. The Balaban J connectivity index is 2.70. The van der Waals surface area contributed by atoms with Crippen molar-refractivity contribution in [1.82, 2.24) is 15.1 Å². The van der Waals surface area contributed by atoms with E-state index in [1.165, 1.54) is 0 Å². The second-order valence-corrected chi connectivity index (χ2v) is 5.88. The number of aliphatic hydroxyl groups is 1. The van der Waals surface area contributed by atoms with Crippen LogP contribution in [-0.2, 0) is 4.79 Å². The lowest BCUT2D eigenvalue weighted by atomic mass is 10.2. The molecular formula is C13H23N3O2S. The first-order valence-electron chi connectivity index (χ1n) is 6.37. The monoisotopic (exact) mass is 285 g/mol. The standard InChI is InChI=1S/C13H23N3O2S/c1-8-6-9(2)16(15-8)11(4)13(18)14-10(3)12(7-17)19-5/h6,10-12,17H,7H2,1-5H3,(H,14,18). The maximum atomic E-state index is 12.2. The number of thioether (sulfide) groups is 1. The summed E-state index contributed by atoms with van der Waals surface area (Å²) >= 11 is 1.55. The lowest BCUT2D eigenvalue weighted by Gasteiger charge is -2.23. The van der Waals surface area contributed by atoms with Gasteiger partial charge in [-0.2, -0.15) is 16.9 Å². The Morgan fingerprint density at radius 3 is 2.58 bits per heavy atom. The lowest BCUT2D eigenvalue weighted by molar-refractivity contribution is -0.124. The first-order chi connectivity index (χ1) is 8.90. The molecule has 0 aliphatic rings. The summed E-state index contributed by atoms with van der Waals surface area (Å²) < 4.78 is 1.73. The molecule has 0 aliphatic carbocycles. The van der Waals surface area contributed by atoms with Crippen LogP contribution in [0.3, 0.4) is 0 Å². The molecule has 2 N–H and O–H groups in total. The zero-order valence-corrected chi connectivity index (χ0v) is 13.0. The summed E-state index contributed by atoms with van der Waals surface area (Å²) in [5.41, 5.74) is 1.87. The van der Waals surface area contributed by atoms with Gasteiger partial charge in [-0.15, -0.1) is 0 Å². The molecule has 19 heavy (non-hydrogen) atoms. The van der Waals surface area contributed by atoms with Gasteiger partial charge in [0.1, 0.15) is 6.04 Å². The molecule has 1 aromatic heterocycles. The minimum absolute atomic E-state index is 0.0107. The number of aryl methyl sites for hydroxylation is 2. The molecule has 1 amide bonds. The van der Waals surface area contributed by atoms with E-state index in [0.29, 0.717) is 0 Å². The molecule has 0 spiro atoms. The number of aromatic nitrogens is 2. The molecule has 3 unspecified atom stereocenters. The number of carbonyl (C=O) groups excluding carboxylic acids is 1. The summed E-state index contributed by atoms with van der Waals surface area (Å²) in [6, 6.07) is 1.52. The quantitative estimate of drug-likeness (QED) is 0.826. The molecule has 0 bridgehead atoms. The number of amides is 1. The Hall–Kier alpha value is -1.01. The number of nitrogens with zero attached hydrogens (tertiary/aromatic N) is 2.